The summed E-state index contributed by atoms with van der Waals surface area (Å²) in [6, 6.07) is 13.2. The molecule has 3 aromatic rings. The highest BCUT2D eigenvalue weighted by Crippen LogP contribution is 2.31. The summed E-state index contributed by atoms with van der Waals surface area (Å²) in [5.41, 5.74) is 2.15. The average molecular weight is 502 g/mol. The van der Waals surface area contributed by atoms with Crippen LogP contribution in [-0.2, 0) is 16.0 Å². The number of aromatic hydroxyl groups is 1. The zero-order valence-corrected chi connectivity index (χ0v) is 21.0. The lowest BCUT2D eigenvalue weighted by Gasteiger charge is -2.23. The van der Waals surface area contributed by atoms with E-state index in [1.807, 2.05) is 23.1 Å². The minimum atomic E-state index is -0.845. The molecule has 0 aliphatic rings. The smallest absolute Gasteiger partial charge is 0.305 e. The van der Waals surface area contributed by atoms with Gasteiger partial charge < -0.3 is 30.2 Å². The molecule has 35 heavy (non-hydrogen) atoms. The van der Waals surface area contributed by atoms with Crippen molar-refractivity contribution in [2.75, 3.05) is 39.4 Å². The van der Waals surface area contributed by atoms with E-state index in [1.165, 1.54) is 11.6 Å². The molecule has 1 amide bonds. The average Bonchev–Trinajstić information content (AvgIpc) is 3.26. The lowest BCUT2D eigenvalue weighted by atomic mass is 10.1. The summed E-state index contributed by atoms with van der Waals surface area (Å²) in [6.07, 6.45) is 2.26. The SMILES string of the molecule is CCCCN(CCNCC(O)c1ccc(O)c2[nH]c(=O)sc12)C(=O)CCOCCc1ccccc1. The van der Waals surface area contributed by atoms with E-state index in [0.717, 1.165) is 30.6 Å². The number of fused-ring (bicyclic) bond motifs is 1. The van der Waals surface area contributed by atoms with Crippen LogP contribution in [0.25, 0.3) is 10.2 Å². The number of carbonyl (C=O) groups excluding carboxylic acids is 1. The molecule has 2 aromatic carbocycles. The van der Waals surface area contributed by atoms with Crippen molar-refractivity contribution in [1.29, 1.82) is 0 Å². The minimum Gasteiger partial charge on any atom is -0.506 e. The highest BCUT2D eigenvalue weighted by molar-refractivity contribution is 7.16. The third-order valence-electron chi connectivity index (χ3n) is 5.82. The second-order valence-electron chi connectivity index (χ2n) is 8.44. The molecule has 0 aliphatic heterocycles. The zero-order valence-electron chi connectivity index (χ0n) is 20.2. The van der Waals surface area contributed by atoms with E-state index in [4.69, 9.17) is 4.74 Å². The number of benzene rings is 2. The quantitative estimate of drug-likeness (QED) is 0.238. The van der Waals surface area contributed by atoms with Gasteiger partial charge in [0, 0.05) is 31.7 Å². The van der Waals surface area contributed by atoms with Gasteiger partial charge in [-0.05, 0) is 24.5 Å². The van der Waals surface area contributed by atoms with E-state index in [9.17, 15) is 19.8 Å². The Morgan fingerprint density at radius 1 is 1.17 bits per heavy atom. The molecule has 0 radical (unpaired) electrons. The number of unbranched alkanes of at least 4 members (excludes halogenated alkanes) is 1. The first-order valence-electron chi connectivity index (χ1n) is 12.1. The fourth-order valence-electron chi connectivity index (χ4n) is 3.83. The van der Waals surface area contributed by atoms with Gasteiger partial charge in [0.1, 0.15) is 11.3 Å². The summed E-state index contributed by atoms with van der Waals surface area (Å²) in [5, 5.41) is 23.8. The maximum Gasteiger partial charge on any atom is 0.305 e. The second-order valence-corrected chi connectivity index (χ2v) is 9.43. The van der Waals surface area contributed by atoms with Gasteiger partial charge >= 0.3 is 4.87 Å². The van der Waals surface area contributed by atoms with E-state index in [1.54, 1.807) is 6.07 Å². The van der Waals surface area contributed by atoms with Gasteiger partial charge in [0.25, 0.3) is 0 Å². The van der Waals surface area contributed by atoms with E-state index in [-0.39, 0.29) is 23.1 Å². The number of thiazole rings is 1. The third-order valence-corrected chi connectivity index (χ3v) is 6.75. The summed E-state index contributed by atoms with van der Waals surface area (Å²) in [7, 11) is 0. The largest absolute Gasteiger partial charge is 0.506 e. The van der Waals surface area contributed by atoms with Gasteiger partial charge in [0.05, 0.1) is 30.4 Å². The maximum absolute atomic E-state index is 12.7. The van der Waals surface area contributed by atoms with Crippen LogP contribution in [0, 0.1) is 0 Å². The summed E-state index contributed by atoms with van der Waals surface area (Å²) >= 11 is 0.964. The Morgan fingerprint density at radius 3 is 2.74 bits per heavy atom. The van der Waals surface area contributed by atoms with E-state index in [0.29, 0.717) is 55.0 Å². The lowest BCUT2D eigenvalue weighted by molar-refractivity contribution is -0.132. The van der Waals surface area contributed by atoms with Crippen molar-refractivity contribution in [2.24, 2.45) is 0 Å². The van der Waals surface area contributed by atoms with Gasteiger partial charge in [-0.25, -0.2) is 0 Å². The maximum atomic E-state index is 12.7. The molecule has 0 spiro atoms. The molecular formula is C26H35N3O5S. The van der Waals surface area contributed by atoms with Crippen LogP contribution in [0.1, 0.15) is 43.4 Å². The van der Waals surface area contributed by atoms with Gasteiger partial charge in [-0.2, -0.15) is 0 Å². The van der Waals surface area contributed by atoms with Crippen LogP contribution in [-0.4, -0.2) is 65.4 Å². The number of aliphatic hydroxyl groups excluding tert-OH is 1. The van der Waals surface area contributed by atoms with E-state index < -0.39 is 6.10 Å². The van der Waals surface area contributed by atoms with Crippen LogP contribution in [0.15, 0.2) is 47.3 Å². The topological polar surface area (TPSA) is 115 Å². The van der Waals surface area contributed by atoms with E-state index >= 15 is 0 Å². The van der Waals surface area contributed by atoms with Crippen molar-refractivity contribution in [3.05, 3.63) is 63.3 Å². The van der Waals surface area contributed by atoms with Crippen LogP contribution in [0.5, 0.6) is 5.75 Å². The first-order chi connectivity index (χ1) is 17.0. The summed E-state index contributed by atoms with van der Waals surface area (Å²) in [4.78, 5) is 28.6. The number of carbonyl (C=O) groups is 1. The van der Waals surface area contributed by atoms with Crippen molar-refractivity contribution in [2.45, 2.75) is 38.7 Å². The number of H-pyrrole nitrogens is 1. The molecule has 190 valence electrons. The lowest BCUT2D eigenvalue weighted by Crippen LogP contribution is -2.38. The third kappa shape index (κ3) is 8.17. The highest BCUT2D eigenvalue weighted by atomic mass is 32.1. The molecule has 4 N–H and O–H groups in total. The van der Waals surface area contributed by atoms with E-state index in [2.05, 4.69) is 29.4 Å². The number of rotatable bonds is 15. The summed E-state index contributed by atoms with van der Waals surface area (Å²) in [6.45, 7) is 5.12. The number of phenols is 1. The van der Waals surface area contributed by atoms with Gasteiger partial charge in [0.15, 0.2) is 0 Å². The Morgan fingerprint density at radius 2 is 1.97 bits per heavy atom. The first kappa shape index (κ1) is 26.9. The van der Waals surface area contributed by atoms with Crippen LogP contribution >= 0.6 is 11.3 Å². The number of ether oxygens (including phenoxy) is 1. The van der Waals surface area contributed by atoms with Gasteiger partial charge in [0.2, 0.25) is 5.91 Å². The normalized spacial score (nSPS) is 12.2. The van der Waals surface area contributed by atoms with Crippen LogP contribution in [0.2, 0.25) is 0 Å². The summed E-state index contributed by atoms with van der Waals surface area (Å²) < 4.78 is 6.23. The predicted octanol–water partition coefficient (Wildman–Crippen LogP) is 3.20. The zero-order chi connectivity index (χ0) is 25.0. The fraction of sp³-hybridized carbons (Fsp3) is 0.462. The molecule has 8 nitrogen and oxygen atoms in total. The number of aromatic amines is 1. The summed E-state index contributed by atoms with van der Waals surface area (Å²) in [5.74, 6) is 0.0502. The number of hydrogen-bond donors (Lipinski definition) is 4. The molecule has 0 aliphatic carbocycles. The predicted molar refractivity (Wildman–Crippen MR) is 139 cm³/mol. The minimum absolute atomic E-state index is 0.0172. The molecule has 9 heteroatoms. The molecule has 0 fully saturated rings. The molecule has 1 aromatic heterocycles. The standard InChI is InChI=1S/C26H35N3O5S/c1-2-3-14-29(23(32)12-17-34-16-11-19-7-5-4-6-8-19)15-13-27-18-22(31)20-9-10-21(30)24-25(20)35-26(33)28-24/h4-10,22,27,30-31H,2-3,11-18H2,1H3,(H,28,33). The molecular weight excluding hydrogens is 466 g/mol. The van der Waals surface area contributed by atoms with Crippen molar-refractivity contribution >= 4 is 27.5 Å². The Bertz CT molecular complexity index is 1120. The number of nitrogens with one attached hydrogen (secondary N) is 2. The van der Waals surface area contributed by atoms with Crippen LogP contribution in [0.3, 0.4) is 0 Å². The molecule has 1 heterocycles. The Balaban J connectivity index is 1.41. The molecule has 0 saturated heterocycles. The molecule has 3 rings (SSSR count). The van der Waals surface area contributed by atoms with Crippen molar-refractivity contribution in [3.63, 3.8) is 0 Å². The number of hydrogen-bond acceptors (Lipinski definition) is 7. The van der Waals surface area contributed by atoms with Crippen molar-refractivity contribution < 1.29 is 19.7 Å². The molecule has 0 saturated carbocycles. The Kier molecular flexibility index (Phi) is 10.7. The number of amides is 1. The Labute approximate surface area is 209 Å². The van der Waals surface area contributed by atoms with Gasteiger partial charge in [-0.15, -0.1) is 0 Å². The number of phenolic OH excluding ortho intramolecular Hbond substituents is 1. The van der Waals surface area contributed by atoms with Crippen molar-refractivity contribution in [1.82, 2.24) is 15.2 Å². The molecule has 1 unspecified atom stereocenters. The number of aromatic nitrogens is 1. The molecule has 1 atom stereocenters. The van der Waals surface area contributed by atoms with Crippen LogP contribution < -0.4 is 10.2 Å². The number of nitrogens with zero attached hydrogens (tertiary/aromatic N) is 1. The first-order valence-corrected chi connectivity index (χ1v) is 12.9. The van der Waals surface area contributed by atoms with Gasteiger partial charge in [-0.3, -0.25) is 9.59 Å². The molecule has 0 bridgehead atoms. The van der Waals surface area contributed by atoms with Crippen LogP contribution in [0.4, 0.5) is 0 Å². The highest BCUT2D eigenvalue weighted by Gasteiger charge is 2.17. The van der Waals surface area contributed by atoms with Crippen molar-refractivity contribution in [3.8, 4) is 5.75 Å². The Hall–Kier alpha value is -2.72. The monoisotopic (exact) mass is 501 g/mol. The number of aliphatic hydroxyl groups is 1. The second kappa shape index (κ2) is 14.0. The van der Waals surface area contributed by atoms with Gasteiger partial charge in [-0.1, -0.05) is 61.1 Å². The fourth-order valence-corrected chi connectivity index (χ4v) is 4.75.